The average Bonchev–Trinajstić information content (AvgIpc) is 2.64. The standard InChI is InChI=1S/C19H26O7/c1-12(17(25-14(3)21)13(2)18(22)24-4)16(10-11-20)26-19(23)15-8-6-5-7-9-15/h5-9,12-13,16-17,20H,10-11H2,1-4H3/t12-,13-,16-,17-/m0/s1. The maximum absolute atomic E-state index is 12.3. The van der Waals surface area contributed by atoms with Crippen LogP contribution in [0.2, 0.25) is 0 Å². The number of aliphatic hydroxyl groups excluding tert-OH is 1. The summed E-state index contributed by atoms with van der Waals surface area (Å²) in [5.74, 6) is -2.94. The predicted octanol–water partition coefficient (Wildman–Crippen LogP) is 1.97. The lowest BCUT2D eigenvalue weighted by Crippen LogP contribution is -2.42. The van der Waals surface area contributed by atoms with E-state index in [-0.39, 0.29) is 13.0 Å². The van der Waals surface area contributed by atoms with Gasteiger partial charge in [0.05, 0.1) is 18.6 Å². The van der Waals surface area contributed by atoms with Gasteiger partial charge in [-0.25, -0.2) is 4.79 Å². The van der Waals surface area contributed by atoms with Gasteiger partial charge < -0.3 is 19.3 Å². The smallest absolute Gasteiger partial charge is 0.338 e. The first-order chi connectivity index (χ1) is 12.3. The lowest BCUT2D eigenvalue weighted by Gasteiger charge is -2.32. The Kier molecular flexibility index (Phi) is 8.78. The van der Waals surface area contributed by atoms with Crippen LogP contribution < -0.4 is 0 Å². The molecule has 0 amide bonds. The number of hydrogen-bond donors (Lipinski definition) is 1. The molecule has 1 aromatic carbocycles. The van der Waals surface area contributed by atoms with E-state index < -0.39 is 42.0 Å². The van der Waals surface area contributed by atoms with Gasteiger partial charge in [-0.1, -0.05) is 25.1 Å². The van der Waals surface area contributed by atoms with Crippen molar-refractivity contribution in [2.45, 2.75) is 39.4 Å². The zero-order valence-corrected chi connectivity index (χ0v) is 15.5. The van der Waals surface area contributed by atoms with Gasteiger partial charge in [0.25, 0.3) is 0 Å². The second-order valence-corrected chi connectivity index (χ2v) is 6.07. The molecule has 4 atom stereocenters. The molecule has 0 radical (unpaired) electrons. The largest absolute Gasteiger partial charge is 0.469 e. The molecule has 1 rings (SSSR count). The number of carbonyl (C=O) groups is 3. The fourth-order valence-corrected chi connectivity index (χ4v) is 2.72. The van der Waals surface area contributed by atoms with E-state index in [9.17, 15) is 19.5 Å². The number of rotatable bonds is 9. The van der Waals surface area contributed by atoms with Crippen LogP contribution in [0.15, 0.2) is 30.3 Å². The highest BCUT2D eigenvalue weighted by Gasteiger charge is 2.37. The molecule has 0 bridgehead atoms. The van der Waals surface area contributed by atoms with Crippen molar-refractivity contribution in [3.05, 3.63) is 35.9 Å². The van der Waals surface area contributed by atoms with Gasteiger partial charge in [-0.05, 0) is 19.1 Å². The van der Waals surface area contributed by atoms with E-state index in [1.807, 2.05) is 0 Å². The molecular weight excluding hydrogens is 340 g/mol. The number of benzene rings is 1. The van der Waals surface area contributed by atoms with Crippen LogP contribution in [-0.2, 0) is 23.8 Å². The van der Waals surface area contributed by atoms with E-state index in [4.69, 9.17) is 14.2 Å². The number of hydrogen-bond acceptors (Lipinski definition) is 7. The molecule has 0 saturated carbocycles. The average molecular weight is 366 g/mol. The third kappa shape index (κ3) is 6.15. The van der Waals surface area contributed by atoms with Gasteiger partial charge in [0.15, 0.2) is 0 Å². The molecule has 0 spiro atoms. The Hall–Kier alpha value is -2.41. The van der Waals surface area contributed by atoms with Crippen LogP contribution in [0, 0.1) is 11.8 Å². The van der Waals surface area contributed by atoms with E-state index in [0.29, 0.717) is 5.56 Å². The van der Waals surface area contributed by atoms with Crippen LogP contribution >= 0.6 is 0 Å². The van der Waals surface area contributed by atoms with Gasteiger partial charge in [-0.15, -0.1) is 0 Å². The summed E-state index contributed by atoms with van der Waals surface area (Å²) in [7, 11) is 1.25. The molecule has 0 aromatic heterocycles. The molecule has 0 unspecified atom stereocenters. The van der Waals surface area contributed by atoms with Gasteiger partial charge in [-0.3, -0.25) is 9.59 Å². The number of carbonyl (C=O) groups excluding carboxylic acids is 3. The van der Waals surface area contributed by atoms with Crippen LogP contribution in [0.4, 0.5) is 0 Å². The Morgan fingerprint density at radius 2 is 1.69 bits per heavy atom. The van der Waals surface area contributed by atoms with Gasteiger partial charge >= 0.3 is 17.9 Å². The molecule has 144 valence electrons. The van der Waals surface area contributed by atoms with Crippen molar-refractivity contribution in [3.63, 3.8) is 0 Å². The molecule has 0 aliphatic rings. The van der Waals surface area contributed by atoms with Crippen molar-refractivity contribution >= 4 is 17.9 Å². The zero-order valence-electron chi connectivity index (χ0n) is 15.5. The van der Waals surface area contributed by atoms with E-state index >= 15 is 0 Å². The van der Waals surface area contributed by atoms with E-state index in [1.165, 1.54) is 14.0 Å². The molecule has 0 fully saturated rings. The van der Waals surface area contributed by atoms with Crippen molar-refractivity contribution < 1.29 is 33.7 Å². The molecule has 26 heavy (non-hydrogen) atoms. The van der Waals surface area contributed by atoms with Crippen LogP contribution in [0.3, 0.4) is 0 Å². The lowest BCUT2D eigenvalue weighted by molar-refractivity contribution is -0.164. The maximum Gasteiger partial charge on any atom is 0.338 e. The Balaban J connectivity index is 3.00. The highest BCUT2D eigenvalue weighted by molar-refractivity contribution is 5.89. The van der Waals surface area contributed by atoms with Crippen molar-refractivity contribution in [2.24, 2.45) is 11.8 Å². The maximum atomic E-state index is 12.3. The van der Waals surface area contributed by atoms with Gasteiger partial charge in [-0.2, -0.15) is 0 Å². The lowest BCUT2D eigenvalue weighted by atomic mass is 9.87. The Morgan fingerprint density at radius 1 is 1.08 bits per heavy atom. The highest BCUT2D eigenvalue weighted by Crippen LogP contribution is 2.26. The Bertz CT molecular complexity index is 599. The summed E-state index contributed by atoms with van der Waals surface area (Å²) in [5.41, 5.74) is 0.368. The molecule has 1 N–H and O–H groups in total. The number of esters is 3. The Labute approximate surface area is 153 Å². The van der Waals surface area contributed by atoms with Crippen LogP contribution in [0.5, 0.6) is 0 Å². The second kappa shape index (κ2) is 10.6. The summed E-state index contributed by atoms with van der Waals surface area (Å²) in [6.07, 6.45) is -1.46. The minimum atomic E-state index is -0.861. The molecule has 7 heteroatoms. The summed E-state index contributed by atoms with van der Waals surface area (Å²) in [5, 5.41) is 9.34. The molecule has 7 nitrogen and oxygen atoms in total. The molecule has 0 saturated heterocycles. The normalized spacial score (nSPS) is 15.3. The van der Waals surface area contributed by atoms with E-state index in [1.54, 1.807) is 44.2 Å². The van der Waals surface area contributed by atoms with Gasteiger partial charge in [0.1, 0.15) is 12.2 Å². The van der Waals surface area contributed by atoms with Crippen molar-refractivity contribution in [3.8, 4) is 0 Å². The zero-order chi connectivity index (χ0) is 19.7. The molecule has 0 aliphatic heterocycles. The van der Waals surface area contributed by atoms with Crippen molar-refractivity contribution in [1.82, 2.24) is 0 Å². The molecule has 1 aromatic rings. The quantitative estimate of drug-likeness (QED) is 0.527. The second-order valence-electron chi connectivity index (χ2n) is 6.07. The van der Waals surface area contributed by atoms with Gasteiger partial charge in [0, 0.05) is 25.9 Å². The fourth-order valence-electron chi connectivity index (χ4n) is 2.72. The van der Waals surface area contributed by atoms with Crippen molar-refractivity contribution in [1.29, 1.82) is 0 Å². The number of aliphatic hydroxyl groups is 1. The summed E-state index contributed by atoms with van der Waals surface area (Å²) in [6, 6.07) is 8.43. The fraction of sp³-hybridized carbons (Fsp3) is 0.526. The van der Waals surface area contributed by atoms with Crippen LogP contribution in [-0.4, -0.2) is 48.9 Å². The number of methoxy groups -OCH3 is 1. The molecular formula is C19H26O7. The third-order valence-electron chi connectivity index (χ3n) is 4.15. The van der Waals surface area contributed by atoms with E-state index in [2.05, 4.69) is 0 Å². The summed E-state index contributed by atoms with van der Waals surface area (Å²) in [6.45, 7) is 4.29. The third-order valence-corrected chi connectivity index (χ3v) is 4.15. The first kappa shape index (κ1) is 21.6. The Morgan fingerprint density at radius 3 is 2.19 bits per heavy atom. The summed E-state index contributed by atoms with van der Waals surface area (Å²) < 4.78 is 15.5. The SMILES string of the molecule is COC(=O)[C@@H](C)[C@@H](OC(C)=O)[C@@H](C)[C@H](CCO)OC(=O)c1ccccc1. The summed E-state index contributed by atoms with van der Waals surface area (Å²) >= 11 is 0. The van der Waals surface area contributed by atoms with Crippen LogP contribution in [0.1, 0.15) is 37.6 Å². The molecule has 0 heterocycles. The minimum absolute atomic E-state index is 0.144. The highest BCUT2D eigenvalue weighted by atomic mass is 16.6. The predicted molar refractivity (Wildman–Crippen MR) is 93.2 cm³/mol. The topological polar surface area (TPSA) is 99.1 Å². The van der Waals surface area contributed by atoms with Crippen LogP contribution in [0.25, 0.3) is 0 Å². The monoisotopic (exact) mass is 366 g/mol. The first-order valence-corrected chi connectivity index (χ1v) is 8.43. The van der Waals surface area contributed by atoms with Crippen molar-refractivity contribution in [2.75, 3.05) is 13.7 Å². The molecule has 0 aliphatic carbocycles. The van der Waals surface area contributed by atoms with Gasteiger partial charge in [0.2, 0.25) is 0 Å². The minimum Gasteiger partial charge on any atom is -0.469 e. The number of ether oxygens (including phenoxy) is 3. The van der Waals surface area contributed by atoms with E-state index in [0.717, 1.165) is 0 Å². The summed E-state index contributed by atoms with van der Waals surface area (Å²) in [4.78, 5) is 35.7. The first-order valence-electron chi connectivity index (χ1n) is 8.43.